The second-order valence-electron chi connectivity index (χ2n) is 6.45. The summed E-state index contributed by atoms with van der Waals surface area (Å²) in [4.78, 5) is 4.73. The third-order valence-electron chi connectivity index (χ3n) is 4.35. The predicted molar refractivity (Wildman–Crippen MR) is 108 cm³/mol. The highest BCUT2D eigenvalue weighted by molar-refractivity contribution is 6.37. The number of hydrogen-bond acceptors (Lipinski definition) is 2. The number of benzene rings is 3. The zero-order chi connectivity index (χ0) is 18.1. The van der Waals surface area contributed by atoms with Crippen molar-refractivity contribution in [2.45, 2.75) is 20.1 Å². The molecule has 4 aromatic rings. The van der Waals surface area contributed by atoms with E-state index in [1.54, 1.807) is 0 Å². The van der Waals surface area contributed by atoms with Crippen molar-refractivity contribution in [3.63, 3.8) is 0 Å². The monoisotopic (exact) mass is 362 g/mol. The van der Waals surface area contributed by atoms with E-state index in [1.165, 1.54) is 0 Å². The Labute approximate surface area is 157 Å². The fourth-order valence-electron chi connectivity index (χ4n) is 3.15. The van der Waals surface area contributed by atoms with Gasteiger partial charge in [-0.25, -0.2) is 4.98 Å². The van der Waals surface area contributed by atoms with Crippen molar-refractivity contribution >= 4 is 33.4 Å². The number of allylic oxidation sites excluding steroid dienone is 1. The molecule has 0 saturated carbocycles. The van der Waals surface area contributed by atoms with Gasteiger partial charge in [0.25, 0.3) is 0 Å². The van der Waals surface area contributed by atoms with Crippen LogP contribution in [0, 0.1) is 0 Å². The third kappa shape index (κ3) is 3.06. The molecule has 1 heterocycles. The van der Waals surface area contributed by atoms with Gasteiger partial charge in [-0.1, -0.05) is 66.2 Å². The van der Waals surface area contributed by atoms with E-state index < -0.39 is 0 Å². The lowest BCUT2D eigenvalue weighted by Gasteiger charge is -2.12. The summed E-state index contributed by atoms with van der Waals surface area (Å²) < 4.78 is 8.18. The van der Waals surface area contributed by atoms with Gasteiger partial charge < -0.3 is 9.30 Å². The lowest BCUT2D eigenvalue weighted by molar-refractivity contribution is 0.292. The van der Waals surface area contributed by atoms with Crippen molar-refractivity contribution in [2.75, 3.05) is 0 Å². The molecule has 0 spiro atoms. The number of hydrogen-bond donors (Lipinski definition) is 0. The minimum atomic E-state index is 0.347. The van der Waals surface area contributed by atoms with Crippen LogP contribution in [-0.2, 0) is 13.2 Å². The maximum Gasteiger partial charge on any atom is 0.148 e. The summed E-state index contributed by atoms with van der Waals surface area (Å²) in [5, 5.41) is 2.71. The Bertz CT molecular complexity index is 1110. The van der Waals surface area contributed by atoms with E-state index >= 15 is 0 Å². The molecule has 0 N–H and O–H groups in total. The largest absolute Gasteiger partial charge is 0.484 e. The van der Waals surface area contributed by atoms with Gasteiger partial charge >= 0.3 is 0 Å². The Morgan fingerprint density at radius 2 is 1.85 bits per heavy atom. The minimum absolute atomic E-state index is 0.347. The molecular formula is C22H19ClN2O. The molecule has 0 saturated heterocycles. The van der Waals surface area contributed by atoms with Crippen LogP contribution in [0.2, 0.25) is 5.02 Å². The highest BCUT2D eigenvalue weighted by Gasteiger charge is 2.13. The summed E-state index contributed by atoms with van der Waals surface area (Å²) in [6, 6.07) is 20.0. The Hall–Kier alpha value is -2.78. The molecule has 4 rings (SSSR count). The van der Waals surface area contributed by atoms with Crippen molar-refractivity contribution in [3.05, 3.63) is 83.7 Å². The lowest BCUT2D eigenvalue weighted by Crippen LogP contribution is -2.08. The average molecular weight is 363 g/mol. The van der Waals surface area contributed by atoms with Gasteiger partial charge in [-0.2, -0.15) is 0 Å². The molecule has 1 aromatic heterocycles. The Balaban J connectivity index is 1.68. The Kier molecular flexibility index (Phi) is 4.39. The molecule has 0 bridgehead atoms. The molecule has 26 heavy (non-hydrogen) atoms. The van der Waals surface area contributed by atoms with Crippen molar-refractivity contribution in [1.29, 1.82) is 0 Å². The van der Waals surface area contributed by atoms with Gasteiger partial charge in [-0.15, -0.1) is 0 Å². The van der Waals surface area contributed by atoms with Crippen LogP contribution >= 0.6 is 11.6 Å². The third-order valence-corrected chi connectivity index (χ3v) is 4.74. The fourth-order valence-corrected chi connectivity index (χ4v) is 3.44. The molecule has 0 aliphatic rings. The summed E-state index contributed by atoms with van der Waals surface area (Å²) in [7, 11) is 0. The molecule has 130 valence electrons. The van der Waals surface area contributed by atoms with E-state index in [0.29, 0.717) is 23.9 Å². The first-order chi connectivity index (χ1) is 12.6. The number of nitrogens with zero attached hydrogens (tertiary/aromatic N) is 2. The normalized spacial score (nSPS) is 11.2. The van der Waals surface area contributed by atoms with Crippen molar-refractivity contribution in [3.8, 4) is 5.75 Å². The van der Waals surface area contributed by atoms with Gasteiger partial charge in [-0.3, -0.25) is 0 Å². The number of imidazole rings is 1. The van der Waals surface area contributed by atoms with E-state index in [0.717, 1.165) is 33.2 Å². The highest BCUT2D eigenvalue weighted by Crippen LogP contribution is 2.33. The van der Waals surface area contributed by atoms with Crippen LogP contribution in [0.4, 0.5) is 0 Å². The van der Waals surface area contributed by atoms with Crippen LogP contribution in [0.1, 0.15) is 12.7 Å². The smallest absolute Gasteiger partial charge is 0.148 e. The van der Waals surface area contributed by atoms with E-state index in [-0.39, 0.29) is 0 Å². The number of fused-ring (bicyclic) bond motifs is 2. The van der Waals surface area contributed by atoms with Gasteiger partial charge in [0.15, 0.2) is 0 Å². The maximum atomic E-state index is 6.54. The van der Waals surface area contributed by atoms with Gasteiger partial charge in [-0.05, 0) is 30.5 Å². The van der Waals surface area contributed by atoms with E-state index in [4.69, 9.17) is 21.3 Å². The fraction of sp³-hybridized carbons (Fsp3) is 0.136. The number of ether oxygens (including phenoxy) is 1. The zero-order valence-electron chi connectivity index (χ0n) is 14.6. The summed E-state index contributed by atoms with van der Waals surface area (Å²) in [5.41, 5.74) is 3.11. The molecule has 0 unspecified atom stereocenters. The van der Waals surface area contributed by atoms with Gasteiger partial charge in [0.2, 0.25) is 0 Å². The molecule has 4 heteroatoms. The number of aromatic nitrogens is 2. The van der Waals surface area contributed by atoms with Gasteiger partial charge in [0.1, 0.15) is 18.2 Å². The average Bonchev–Trinajstić information content (AvgIpc) is 2.98. The van der Waals surface area contributed by atoms with E-state index in [9.17, 15) is 0 Å². The zero-order valence-corrected chi connectivity index (χ0v) is 15.3. The van der Waals surface area contributed by atoms with E-state index in [1.807, 2.05) is 61.5 Å². The minimum Gasteiger partial charge on any atom is -0.484 e. The quantitative estimate of drug-likeness (QED) is 0.407. The van der Waals surface area contributed by atoms with Crippen LogP contribution in [0.25, 0.3) is 21.8 Å². The van der Waals surface area contributed by atoms with Crippen molar-refractivity contribution in [2.24, 2.45) is 0 Å². The highest BCUT2D eigenvalue weighted by atomic mass is 35.5. The molecular weight excluding hydrogens is 344 g/mol. The second kappa shape index (κ2) is 6.85. The van der Waals surface area contributed by atoms with Crippen LogP contribution in [0.5, 0.6) is 5.75 Å². The first kappa shape index (κ1) is 16.7. The number of para-hydroxylation sites is 2. The standard InChI is InChI=1S/C22H19ClN2O/c1-15(2)13-25-19-10-6-5-9-18(19)24-21(25)14-26-20-12-11-16-7-3-4-8-17(16)22(20)23/h3-12H,1,13-14H2,2H3. The molecule has 0 aliphatic heterocycles. The summed E-state index contributed by atoms with van der Waals surface area (Å²) >= 11 is 6.54. The molecule has 0 fully saturated rings. The van der Waals surface area contributed by atoms with Crippen molar-refractivity contribution < 1.29 is 4.74 Å². The van der Waals surface area contributed by atoms with Gasteiger partial charge in [0, 0.05) is 11.9 Å². The maximum absolute atomic E-state index is 6.54. The first-order valence-electron chi connectivity index (χ1n) is 8.52. The summed E-state index contributed by atoms with van der Waals surface area (Å²) in [6.45, 7) is 7.11. The van der Waals surface area contributed by atoms with Gasteiger partial charge in [0.05, 0.1) is 16.1 Å². The topological polar surface area (TPSA) is 27.1 Å². The SMILES string of the molecule is C=C(C)Cn1c(COc2ccc3ccccc3c2Cl)nc2ccccc21. The first-order valence-corrected chi connectivity index (χ1v) is 8.90. The predicted octanol–water partition coefficient (Wildman–Crippen LogP) is 6.00. The van der Waals surface area contributed by atoms with Crippen LogP contribution in [0.15, 0.2) is 72.8 Å². The molecule has 3 aromatic carbocycles. The van der Waals surface area contributed by atoms with E-state index in [2.05, 4.69) is 17.2 Å². The molecule has 0 amide bonds. The van der Waals surface area contributed by atoms with Crippen LogP contribution < -0.4 is 4.74 Å². The second-order valence-corrected chi connectivity index (χ2v) is 6.83. The molecule has 0 aliphatic carbocycles. The number of halogens is 1. The van der Waals surface area contributed by atoms with Crippen LogP contribution in [0.3, 0.4) is 0 Å². The summed E-state index contributed by atoms with van der Waals surface area (Å²) in [5.74, 6) is 1.53. The lowest BCUT2D eigenvalue weighted by atomic mass is 10.1. The molecule has 3 nitrogen and oxygen atoms in total. The number of rotatable bonds is 5. The molecule has 0 atom stereocenters. The van der Waals surface area contributed by atoms with Crippen LogP contribution in [-0.4, -0.2) is 9.55 Å². The Morgan fingerprint density at radius 1 is 1.08 bits per heavy atom. The van der Waals surface area contributed by atoms with Crippen molar-refractivity contribution in [1.82, 2.24) is 9.55 Å². The Morgan fingerprint density at radius 3 is 2.69 bits per heavy atom. The molecule has 0 radical (unpaired) electrons. The summed E-state index contributed by atoms with van der Waals surface area (Å²) in [6.07, 6.45) is 0.